The molecule has 2 aromatic rings. The van der Waals surface area contributed by atoms with E-state index < -0.39 is 0 Å². The van der Waals surface area contributed by atoms with Crippen molar-refractivity contribution in [2.45, 2.75) is 0 Å². The summed E-state index contributed by atoms with van der Waals surface area (Å²) in [5, 5.41) is 0. The van der Waals surface area contributed by atoms with Crippen molar-refractivity contribution >= 4 is 24.9 Å². The zero-order valence-corrected chi connectivity index (χ0v) is 10.5. The Morgan fingerprint density at radius 3 is 2.32 bits per heavy atom. The first-order chi connectivity index (χ1) is 9.45. The molecule has 2 heterocycles. The van der Waals surface area contributed by atoms with Gasteiger partial charge in [0.1, 0.15) is 0 Å². The van der Waals surface area contributed by atoms with Gasteiger partial charge in [-0.2, -0.15) is 0 Å². The van der Waals surface area contributed by atoms with E-state index in [-0.39, 0.29) is 0 Å². The summed E-state index contributed by atoms with van der Waals surface area (Å²) in [7, 11) is 1.83. The van der Waals surface area contributed by atoms with E-state index in [4.69, 9.17) is 0 Å². The molecule has 19 heavy (non-hydrogen) atoms. The minimum absolute atomic E-state index is 1.16. The van der Waals surface area contributed by atoms with Gasteiger partial charge in [-0.25, -0.2) is 0 Å². The predicted molar refractivity (Wildman–Crippen MR) is 82.0 cm³/mol. The molecule has 0 atom stereocenters. The van der Waals surface area contributed by atoms with Gasteiger partial charge in [0.05, 0.1) is 0 Å². The fraction of sp³-hybridized carbons (Fsp3) is 0. The van der Waals surface area contributed by atoms with Gasteiger partial charge in [-0.3, -0.25) is 0 Å². The van der Waals surface area contributed by atoms with Gasteiger partial charge in [0, 0.05) is 0 Å². The molecule has 0 amide bonds. The molecular formula is C16H13BN2. The van der Waals surface area contributed by atoms with Crippen LogP contribution in [0.3, 0.4) is 0 Å². The van der Waals surface area contributed by atoms with Gasteiger partial charge in [0.25, 0.3) is 0 Å². The van der Waals surface area contributed by atoms with Gasteiger partial charge in [0.2, 0.25) is 0 Å². The summed E-state index contributed by atoms with van der Waals surface area (Å²) < 4.78 is 2.05. The fourth-order valence-corrected chi connectivity index (χ4v) is 2.08. The molecule has 0 fully saturated rings. The van der Waals surface area contributed by atoms with E-state index in [1.54, 1.807) is 0 Å². The average Bonchev–Trinajstić information content (AvgIpc) is 2.77. The molecule has 0 unspecified atom stereocenters. The van der Waals surface area contributed by atoms with Crippen LogP contribution in [-0.4, -0.2) is 16.4 Å². The van der Waals surface area contributed by atoms with E-state index in [1.165, 1.54) is 11.1 Å². The van der Waals surface area contributed by atoms with Crippen molar-refractivity contribution in [2.24, 2.45) is 0 Å². The molecule has 3 rings (SSSR count). The van der Waals surface area contributed by atoms with Crippen LogP contribution in [0.4, 0.5) is 0 Å². The van der Waals surface area contributed by atoms with E-state index >= 15 is 0 Å². The number of hydrogen-bond acceptors (Lipinski definition) is 1. The maximum atomic E-state index is 4.15. The zero-order valence-electron chi connectivity index (χ0n) is 10.5. The second-order valence-corrected chi connectivity index (χ2v) is 4.24. The monoisotopic (exact) mass is 244 g/mol. The third-order valence-electron chi connectivity index (χ3n) is 2.97. The van der Waals surface area contributed by atoms with Crippen LogP contribution >= 0.6 is 0 Å². The zero-order chi connectivity index (χ0) is 12.9. The van der Waals surface area contributed by atoms with Gasteiger partial charge in [-0.1, -0.05) is 0 Å². The van der Waals surface area contributed by atoms with Crippen LogP contribution in [0, 0.1) is 0 Å². The van der Waals surface area contributed by atoms with E-state index in [0.717, 1.165) is 5.52 Å². The van der Waals surface area contributed by atoms with Crippen LogP contribution in [0.1, 0.15) is 11.1 Å². The van der Waals surface area contributed by atoms with E-state index in [2.05, 4.69) is 35.4 Å². The molecule has 0 saturated carbocycles. The second kappa shape index (κ2) is 5.48. The molecule has 0 N–H and O–H groups in total. The Morgan fingerprint density at radius 2 is 1.53 bits per heavy atom. The molecular weight excluding hydrogens is 231 g/mol. The number of nitrogens with zero attached hydrogens (tertiary/aromatic N) is 2. The molecule has 90 valence electrons. The number of hydrogen-bond donors (Lipinski definition) is 0. The van der Waals surface area contributed by atoms with Crippen molar-refractivity contribution in [1.29, 1.82) is 0 Å². The van der Waals surface area contributed by atoms with Crippen molar-refractivity contribution in [3.05, 3.63) is 78.2 Å². The number of allylic oxidation sites excluding steroid dienone is 8. The topological polar surface area (TPSA) is 17.3 Å². The number of fused-ring (bicyclic) bond motifs is 3. The van der Waals surface area contributed by atoms with Gasteiger partial charge in [-0.05, 0) is 0 Å². The van der Waals surface area contributed by atoms with Crippen molar-refractivity contribution in [3.63, 3.8) is 0 Å². The summed E-state index contributed by atoms with van der Waals surface area (Å²) in [5.74, 6) is 0. The van der Waals surface area contributed by atoms with Gasteiger partial charge < -0.3 is 0 Å². The van der Waals surface area contributed by atoms with Crippen LogP contribution in [0.15, 0.2) is 67.1 Å². The van der Waals surface area contributed by atoms with E-state index in [0.29, 0.717) is 0 Å². The first-order valence-electron chi connectivity index (χ1n) is 6.24. The fourth-order valence-electron chi connectivity index (χ4n) is 2.08. The summed E-state index contributed by atoms with van der Waals surface area (Å²) >= 11 is 0. The van der Waals surface area contributed by atoms with Crippen molar-refractivity contribution in [3.8, 4) is 0 Å². The summed E-state index contributed by atoms with van der Waals surface area (Å²) in [4.78, 5) is 4.15. The second-order valence-electron chi connectivity index (χ2n) is 4.24. The van der Waals surface area contributed by atoms with Crippen LogP contribution in [0.5, 0.6) is 0 Å². The summed E-state index contributed by atoms with van der Waals surface area (Å²) in [6, 6.07) is 2.03. The van der Waals surface area contributed by atoms with Crippen LogP contribution < -0.4 is 0 Å². The molecule has 0 spiro atoms. The van der Waals surface area contributed by atoms with Gasteiger partial charge >= 0.3 is 112 Å². The molecule has 0 saturated heterocycles. The SMILES string of the molecule is b1nccc2c3c(cn12)\C=C/C=C\C=C/C=C\C=C/3. The van der Waals surface area contributed by atoms with Crippen LogP contribution in [0.25, 0.3) is 17.7 Å². The van der Waals surface area contributed by atoms with Crippen molar-refractivity contribution in [1.82, 2.24) is 9.20 Å². The summed E-state index contributed by atoms with van der Waals surface area (Å²) in [6.45, 7) is 0. The normalized spacial score (nSPS) is 22.5. The van der Waals surface area contributed by atoms with E-state index in [9.17, 15) is 0 Å². The Hall–Kier alpha value is -2.42. The van der Waals surface area contributed by atoms with Gasteiger partial charge in [0.15, 0.2) is 0 Å². The predicted octanol–water partition coefficient (Wildman–Crippen LogP) is 3.38. The summed E-state index contributed by atoms with van der Waals surface area (Å²) in [5.41, 5.74) is 3.56. The number of aromatic nitrogens is 2. The molecule has 1 aliphatic carbocycles. The molecule has 1 aliphatic rings. The van der Waals surface area contributed by atoms with Crippen LogP contribution in [-0.2, 0) is 0 Å². The number of rotatable bonds is 0. The standard InChI is InChI=1S/C16H13BN2/c1-2-4-6-8-10-15-14(9-7-5-3-1)13-19-16(15)11-12-18-17-19/h1-13H/b2-1-,5-3-,6-4-,9-7-,10-8-. The quantitative estimate of drug-likeness (QED) is 0.694. The Labute approximate surface area is 113 Å². The minimum atomic E-state index is 1.16. The molecule has 2 aromatic heterocycles. The first-order valence-corrected chi connectivity index (χ1v) is 6.24. The maximum absolute atomic E-state index is 4.15. The van der Waals surface area contributed by atoms with Crippen LogP contribution in [0.2, 0.25) is 0 Å². The third kappa shape index (κ3) is 2.55. The Morgan fingerprint density at radius 1 is 0.842 bits per heavy atom. The Kier molecular flexibility index (Phi) is 3.37. The molecule has 0 aromatic carbocycles. The molecule has 2 nitrogen and oxygen atoms in total. The van der Waals surface area contributed by atoms with Gasteiger partial charge in [-0.15, -0.1) is 0 Å². The Bertz CT molecular complexity index is 730. The van der Waals surface area contributed by atoms with E-state index in [1.807, 2.05) is 60.2 Å². The summed E-state index contributed by atoms with van der Waals surface area (Å²) in [6.07, 6.45) is 24.4. The molecule has 3 heteroatoms. The average molecular weight is 244 g/mol. The van der Waals surface area contributed by atoms with Crippen molar-refractivity contribution in [2.75, 3.05) is 0 Å². The molecule has 0 aliphatic heterocycles. The molecule has 0 radical (unpaired) electrons. The van der Waals surface area contributed by atoms with Crippen molar-refractivity contribution < 1.29 is 0 Å². The third-order valence-corrected chi connectivity index (χ3v) is 2.97. The molecule has 0 bridgehead atoms. The Balaban J connectivity index is 2.17. The first kappa shape index (κ1) is 11.7.